The summed E-state index contributed by atoms with van der Waals surface area (Å²) < 4.78 is 1.34. The minimum atomic E-state index is -0.136. The zero-order chi connectivity index (χ0) is 10.3. The van der Waals surface area contributed by atoms with Crippen molar-refractivity contribution in [1.82, 2.24) is 9.38 Å². The van der Waals surface area contributed by atoms with Gasteiger partial charge >= 0.3 is 0 Å². The van der Waals surface area contributed by atoms with Crippen LogP contribution in [0.15, 0.2) is 23.1 Å². The SMILES string of the molecule is Cc1nc2c(O)cccn2c(=O)c1C. The fourth-order valence-corrected chi connectivity index (χ4v) is 1.34. The van der Waals surface area contributed by atoms with Crippen molar-refractivity contribution >= 4 is 5.65 Å². The van der Waals surface area contributed by atoms with Crippen LogP contribution >= 0.6 is 0 Å². The molecule has 0 radical (unpaired) electrons. The smallest absolute Gasteiger partial charge is 0.261 e. The molecule has 2 rings (SSSR count). The third kappa shape index (κ3) is 1.08. The monoisotopic (exact) mass is 190 g/mol. The predicted molar refractivity (Wildman–Crippen MR) is 52.6 cm³/mol. The van der Waals surface area contributed by atoms with Gasteiger partial charge in [-0.2, -0.15) is 0 Å². The molecule has 0 fully saturated rings. The van der Waals surface area contributed by atoms with Crippen LogP contribution in [0.1, 0.15) is 11.3 Å². The first kappa shape index (κ1) is 8.74. The Morgan fingerprint density at radius 3 is 2.86 bits per heavy atom. The van der Waals surface area contributed by atoms with Gasteiger partial charge in [0.15, 0.2) is 11.4 Å². The standard InChI is InChI=1S/C10H10N2O2/c1-6-7(2)11-9-8(13)4-3-5-12(9)10(6)14/h3-5,13H,1-2H3. The minimum absolute atomic E-state index is 0.0210. The van der Waals surface area contributed by atoms with Crippen molar-refractivity contribution in [1.29, 1.82) is 0 Å². The van der Waals surface area contributed by atoms with Gasteiger partial charge < -0.3 is 5.11 Å². The number of hydrogen-bond acceptors (Lipinski definition) is 3. The lowest BCUT2D eigenvalue weighted by atomic mass is 10.2. The molecule has 0 unspecified atom stereocenters. The van der Waals surface area contributed by atoms with Gasteiger partial charge in [-0.3, -0.25) is 9.20 Å². The molecule has 2 aromatic rings. The molecule has 4 heteroatoms. The van der Waals surface area contributed by atoms with E-state index in [1.54, 1.807) is 26.1 Å². The highest BCUT2D eigenvalue weighted by molar-refractivity contribution is 5.52. The lowest BCUT2D eigenvalue weighted by Crippen LogP contribution is -2.18. The summed E-state index contributed by atoms with van der Waals surface area (Å²) in [7, 11) is 0. The average Bonchev–Trinajstić information content (AvgIpc) is 2.17. The van der Waals surface area contributed by atoms with Crippen LogP contribution in [0.4, 0.5) is 0 Å². The number of hydrogen-bond donors (Lipinski definition) is 1. The lowest BCUT2D eigenvalue weighted by Gasteiger charge is -2.04. The third-order valence-electron chi connectivity index (χ3n) is 2.30. The Hall–Kier alpha value is -1.84. The second kappa shape index (κ2) is 2.83. The predicted octanol–water partition coefficient (Wildman–Crippen LogP) is 1.02. The first-order chi connectivity index (χ1) is 6.61. The van der Waals surface area contributed by atoms with Crippen molar-refractivity contribution in [2.75, 3.05) is 0 Å². The topological polar surface area (TPSA) is 54.6 Å². The molecule has 0 aromatic carbocycles. The van der Waals surface area contributed by atoms with Gasteiger partial charge in [-0.15, -0.1) is 0 Å². The van der Waals surface area contributed by atoms with Crippen LogP contribution < -0.4 is 5.56 Å². The zero-order valence-electron chi connectivity index (χ0n) is 7.98. The van der Waals surface area contributed by atoms with E-state index in [2.05, 4.69) is 4.98 Å². The van der Waals surface area contributed by atoms with Crippen LogP contribution in [0.3, 0.4) is 0 Å². The molecule has 0 aliphatic heterocycles. The van der Waals surface area contributed by atoms with Crippen molar-refractivity contribution in [2.45, 2.75) is 13.8 Å². The van der Waals surface area contributed by atoms with E-state index in [4.69, 9.17) is 0 Å². The van der Waals surface area contributed by atoms with Gasteiger partial charge in [0.05, 0.1) is 0 Å². The normalized spacial score (nSPS) is 10.7. The largest absolute Gasteiger partial charge is 0.504 e. The summed E-state index contributed by atoms with van der Waals surface area (Å²) in [5, 5.41) is 9.49. The first-order valence-corrected chi connectivity index (χ1v) is 4.29. The Kier molecular flexibility index (Phi) is 1.77. The van der Waals surface area contributed by atoms with E-state index in [9.17, 15) is 9.90 Å². The molecule has 0 saturated carbocycles. The van der Waals surface area contributed by atoms with Gasteiger partial charge in [0.25, 0.3) is 5.56 Å². The maximum atomic E-state index is 11.7. The highest BCUT2D eigenvalue weighted by atomic mass is 16.3. The fraction of sp³-hybridized carbons (Fsp3) is 0.200. The number of rotatable bonds is 0. The second-order valence-electron chi connectivity index (χ2n) is 3.21. The van der Waals surface area contributed by atoms with Gasteiger partial charge in [0.1, 0.15) is 0 Å². The average molecular weight is 190 g/mol. The third-order valence-corrected chi connectivity index (χ3v) is 2.30. The number of nitrogens with zero attached hydrogens (tertiary/aromatic N) is 2. The molecule has 0 aliphatic rings. The zero-order valence-corrected chi connectivity index (χ0v) is 7.98. The number of aromatic hydroxyl groups is 1. The Morgan fingerprint density at radius 2 is 2.14 bits per heavy atom. The number of pyridine rings is 1. The quantitative estimate of drug-likeness (QED) is 0.674. The summed E-state index contributed by atoms with van der Waals surface area (Å²) >= 11 is 0. The van der Waals surface area contributed by atoms with Gasteiger partial charge in [0, 0.05) is 17.5 Å². The molecule has 0 atom stereocenters. The van der Waals surface area contributed by atoms with Gasteiger partial charge in [-0.05, 0) is 26.0 Å². The lowest BCUT2D eigenvalue weighted by molar-refractivity contribution is 0.476. The molecule has 1 N–H and O–H groups in total. The van der Waals surface area contributed by atoms with Gasteiger partial charge in [-0.1, -0.05) is 0 Å². The van der Waals surface area contributed by atoms with Crippen LogP contribution in [-0.2, 0) is 0 Å². The van der Waals surface area contributed by atoms with Crippen molar-refractivity contribution in [3.8, 4) is 5.75 Å². The van der Waals surface area contributed by atoms with Crippen molar-refractivity contribution < 1.29 is 5.11 Å². The van der Waals surface area contributed by atoms with E-state index in [-0.39, 0.29) is 11.3 Å². The summed E-state index contributed by atoms with van der Waals surface area (Å²) in [6.45, 7) is 3.48. The Morgan fingerprint density at radius 1 is 1.43 bits per heavy atom. The molecule has 0 amide bonds. The summed E-state index contributed by atoms with van der Waals surface area (Å²) in [5.41, 5.74) is 1.42. The first-order valence-electron chi connectivity index (χ1n) is 4.29. The van der Waals surface area contributed by atoms with Gasteiger partial charge in [-0.25, -0.2) is 4.98 Å². The molecule has 0 spiro atoms. The molecule has 0 bridgehead atoms. The molecular formula is C10H10N2O2. The molecule has 14 heavy (non-hydrogen) atoms. The molecule has 72 valence electrons. The Bertz CT molecular complexity index is 558. The maximum absolute atomic E-state index is 11.7. The minimum Gasteiger partial charge on any atom is -0.504 e. The molecule has 2 heterocycles. The summed E-state index contributed by atoms with van der Waals surface area (Å²) in [5.74, 6) is 0.0210. The van der Waals surface area contributed by atoms with E-state index >= 15 is 0 Å². The molecule has 2 aromatic heterocycles. The van der Waals surface area contributed by atoms with Gasteiger partial charge in [0.2, 0.25) is 0 Å². The van der Waals surface area contributed by atoms with Crippen LogP contribution in [0.25, 0.3) is 5.65 Å². The van der Waals surface area contributed by atoms with Crippen molar-refractivity contribution in [2.24, 2.45) is 0 Å². The Labute approximate surface area is 80.5 Å². The molecule has 0 aliphatic carbocycles. The van der Waals surface area contributed by atoms with E-state index in [0.29, 0.717) is 16.9 Å². The van der Waals surface area contributed by atoms with Crippen molar-refractivity contribution in [3.05, 3.63) is 39.9 Å². The summed E-state index contributed by atoms with van der Waals surface area (Å²) in [4.78, 5) is 15.9. The van der Waals surface area contributed by atoms with Crippen LogP contribution in [-0.4, -0.2) is 14.5 Å². The van der Waals surface area contributed by atoms with Crippen LogP contribution in [0, 0.1) is 13.8 Å². The van der Waals surface area contributed by atoms with Crippen LogP contribution in [0.5, 0.6) is 5.75 Å². The highest BCUT2D eigenvalue weighted by Gasteiger charge is 2.07. The number of fused-ring (bicyclic) bond motifs is 1. The Balaban J connectivity index is 3.06. The highest BCUT2D eigenvalue weighted by Crippen LogP contribution is 2.14. The molecule has 0 saturated heterocycles. The van der Waals surface area contributed by atoms with Crippen molar-refractivity contribution in [3.63, 3.8) is 0 Å². The summed E-state index contributed by atoms with van der Waals surface area (Å²) in [6.07, 6.45) is 1.59. The van der Waals surface area contributed by atoms with E-state index < -0.39 is 0 Å². The van der Waals surface area contributed by atoms with Crippen LogP contribution in [0.2, 0.25) is 0 Å². The van der Waals surface area contributed by atoms with E-state index in [1.165, 1.54) is 10.5 Å². The second-order valence-corrected chi connectivity index (χ2v) is 3.21. The number of aromatic nitrogens is 2. The molecular weight excluding hydrogens is 180 g/mol. The van der Waals surface area contributed by atoms with E-state index in [1.807, 2.05) is 0 Å². The maximum Gasteiger partial charge on any atom is 0.261 e. The molecule has 4 nitrogen and oxygen atoms in total. The van der Waals surface area contributed by atoms with E-state index in [0.717, 1.165) is 0 Å². The summed E-state index contributed by atoms with van der Waals surface area (Å²) in [6, 6.07) is 3.12. The number of aryl methyl sites for hydroxylation is 1. The fourth-order valence-electron chi connectivity index (χ4n) is 1.34.